The topological polar surface area (TPSA) is 120 Å². The third kappa shape index (κ3) is 6.73. The van der Waals surface area contributed by atoms with Crippen LogP contribution in [0.15, 0.2) is 66.9 Å². The summed E-state index contributed by atoms with van der Waals surface area (Å²) in [5, 5.41) is 5.73. The molecular formula is C29H32N4O5. The second kappa shape index (κ2) is 11.9. The van der Waals surface area contributed by atoms with Crippen LogP contribution in [0.3, 0.4) is 0 Å². The van der Waals surface area contributed by atoms with E-state index in [4.69, 9.17) is 9.47 Å². The Balaban J connectivity index is 1.57. The molecule has 1 aromatic heterocycles. The number of Topliss-reactive ketones (excluding diaryl/α,β-unsaturated/α-hetero) is 1. The molecule has 198 valence electrons. The van der Waals surface area contributed by atoms with E-state index in [-0.39, 0.29) is 23.9 Å². The third-order valence-corrected chi connectivity index (χ3v) is 6.78. The van der Waals surface area contributed by atoms with Crippen molar-refractivity contribution in [3.8, 4) is 11.8 Å². The highest BCUT2D eigenvalue weighted by molar-refractivity contribution is 5.99. The quantitative estimate of drug-likeness (QED) is 0.380. The molecule has 0 saturated heterocycles. The average molecular weight is 517 g/mol. The Morgan fingerprint density at radius 3 is 2.16 bits per heavy atom. The molecule has 2 aromatic carbocycles. The van der Waals surface area contributed by atoms with Gasteiger partial charge in [-0.25, -0.2) is 4.98 Å². The standard InChI is InChI=1S/C29H32N4O5/c1-29(14-15-29)25(34)23(17-19-7-5-4-6-8-19)31-27(36)24(18-20-9-11-21(37-2)12-10-20)32-26(35)22-13-16-30-28(33-22)38-3/h4-13,16,23-24H,14-15,17-18H2,1-3H3,(H,31,36)(H,32,35)/t23-,24-/m0/s1. The third-order valence-electron chi connectivity index (χ3n) is 6.78. The molecule has 9 heteroatoms. The van der Waals surface area contributed by atoms with Crippen LogP contribution < -0.4 is 20.1 Å². The molecule has 1 heterocycles. The van der Waals surface area contributed by atoms with Crippen LogP contribution in [-0.2, 0) is 22.4 Å². The van der Waals surface area contributed by atoms with Crippen molar-refractivity contribution in [2.24, 2.45) is 5.41 Å². The Morgan fingerprint density at radius 2 is 1.53 bits per heavy atom. The lowest BCUT2D eigenvalue weighted by Crippen LogP contribution is -2.54. The number of carbonyl (C=O) groups is 3. The SMILES string of the molecule is COc1ccc(C[C@H](NC(=O)c2ccnc(OC)n2)C(=O)N[C@@H](Cc2ccccc2)C(=O)C2(C)CC2)cc1. The van der Waals surface area contributed by atoms with E-state index in [9.17, 15) is 14.4 Å². The van der Waals surface area contributed by atoms with Crippen LogP contribution in [-0.4, -0.2) is 53.9 Å². The van der Waals surface area contributed by atoms with E-state index in [1.54, 1.807) is 19.2 Å². The molecule has 9 nitrogen and oxygen atoms in total. The van der Waals surface area contributed by atoms with Gasteiger partial charge in [0.1, 0.15) is 17.5 Å². The number of nitrogens with one attached hydrogen (secondary N) is 2. The van der Waals surface area contributed by atoms with Gasteiger partial charge in [-0.15, -0.1) is 0 Å². The van der Waals surface area contributed by atoms with Crippen molar-refractivity contribution in [2.45, 2.75) is 44.7 Å². The van der Waals surface area contributed by atoms with E-state index in [1.165, 1.54) is 19.4 Å². The first-order chi connectivity index (χ1) is 18.3. The zero-order valence-electron chi connectivity index (χ0n) is 21.8. The number of benzene rings is 2. The number of ketones is 1. The molecule has 2 atom stereocenters. The zero-order valence-corrected chi connectivity index (χ0v) is 21.8. The number of carbonyl (C=O) groups excluding carboxylic acids is 3. The smallest absolute Gasteiger partial charge is 0.316 e. The van der Waals surface area contributed by atoms with Crippen molar-refractivity contribution in [1.29, 1.82) is 0 Å². The van der Waals surface area contributed by atoms with Crippen LogP contribution in [0.4, 0.5) is 0 Å². The molecule has 1 fully saturated rings. The van der Waals surface area contributed by atoms with Gasteiger partial charge in [0.25, 0.3) is 5.91 Å². The van der Waals surface area contributed by atoms with Gasteiger partial charge in [0, 0.05) is 18.0 Å². The van der Waals surface area contributed by atoms with Gasteiger partial charge in [0.15, 0.2) is 5.78 Å². The van der Waals surface area contributed by atoms with Crippen LogP contribution in [0.5, 0.6) is 11.8 Å². The summed E-state index contributed by atoms with van der Waals surface area (Å²) in [6.07, 6.45) is 3.58. The number of hydrogen-bond acceptors (Lipinski definition) is 7. The van der Waals surface area contributed by atoms with Gasteiger partial charge in [0.2, 0.25) is 5.91 Å². The predicted molar refractivity (Wildman–Crippen MR) is 141 cm³/mol. The molecule has 1 aliphatic carbocycles. The second-order valence-electron chi connectivity index (χ2n) is 9.68. The van der Waals surface area contributed by atoms with Gasteiger partial charge >= 0.3 is 6.01 Å². The highest BCUT2D eigenvalue weighted by Gasteiger charge is 2.48. The molecule has 2 amide bonds. The maximum absolute atomic E-state index is 13.7. The van der Waals surface area contributed by atoms with Crippen LogP contribution in [0.1, 0.15) is 41.4 Å². The molecule has 0 unspecified atom stereocenters. The van der Waals surface area contributed by atoms with E-state index >= 15 is 0 Å². The summed E-state index contributed by atoms with van der Waals surface area (Å²) in [6.45, 7) is 1.93. The Bertz CT molecular complexity index is 1280. The molecule has 1 saturated carbocycles. The van der Waals surface area contributed by atoms with Gasteiger partial charge in [-0.1, -0.05) is 49.4 Å². The summed E-state index contributed by atoms with van der Waals surface area (Å²) < 4.78 is 10.2. The fourth-order valence-corrected chi connectivity index (χ4v) is 4.19. The largest absolute Gasteiger partial charge is 0.497 e. The highest BCUT2D eigenvalue weighted by Crippen LogP contribution is 2.46. The van der Waals surface area contributed by atoms with Crippen molar-refractivity contribution in [1.82, 2.24) is 20.6 Å². The van der Waals surface area contributed by atoms with Crippen LogP contribution in [0.2, 0.25) is 0 Å². The number of aromatic nitrogens is 2. The molecule has 0 spiro atoms. The van der Waals surface area contributed by atoms with Crippen molar-refractivity contribution in [3.05, 3.63) is 83.7 Å². The molecule has 3 aromatic rings. The van der Waals surface area contributed by atoms with Crippen molar-refractivity contribution >= 4 is 17.6 Å². The predicted octanol–water partition coefficient (Wildman–Crippen LogP) is 2.93. The minimum absolute atomic E-state index is 0.00441. The number of amides is 2. The first kappa shape index (κ1) is 26.8. The molecule has 4 rings (SSSR count). The van der Waals surface area contributed by atoms with Gasteiger partial charge in [-0.3, -0.25) is 14.4 Å². The maximum Gasteiger partial charge on any atom is 0.316 e. The fourth-order valence-electron chi connectivity index (χ4n) is 4.19. The highest BCUT2D eigenvalue weighted by atomic mass is 16.5. The van der Waals surface area contributed by atoms with Crippen molar-refractivity contribution < 1.29 is 23.9 Å². The normalized spacial score (nSPS) is 15.0. The lowest BCUT2D eigenvalue weighted by molar-refractivity contribution is -0.131. The number of hydrogen-bond donors (Lipinski definition) is 2. The molecule has 2 N–H and O–H groups in total. The molecular weight excluding hydrogens is 484 g/mol. The first-order valence-electron chi connectivity index (χ1n) is 12.5. The van der Waals surface area contributed by atoms with Gasteiger partial charge < -0.3 is 20.1 Å². The summed E-state index contributed by atoms with van der Waals surface area (Å²) in [4.78, 5) is 48.1. The molecule has 0 bridgehead atoms. The molecule has 1 aliphatic rings. The van der Waals surface area contributed by atoms with E-state index in [1.807, 2.05) is 49.4 Å². The van der Waals surface area contributed by atoms with Crippen LogP contribution in [0.25, 0.3) is 0 Å². The lowest BCUT2D eigenvalue weighted by Gasteiger charge is -2.25. The zero-order chi connectivity index (χ0) is 27.1. The number of rotatable bonds is 12. The lowest BCUT2D eigenvalue weighted by atomic mass is 9.92. The monoisotopic (exact) mass is 516 g/mol. The van der Waals surface area contributed by atoms with Gasteiger partial charge in [0.05, 0.1) is 20.3 Å². The average Bonchev–Trinajstić information content (AvgIpc) is 3.71. The fraction of sp³-hybridized carbons (Fsp3) is 0.345. The summed E-state index contributed by atoms with van der Waals surface area (Å²) in [7, 11) is 2.98. The van der Waals surface area contributed by atoms with Crippen LogP contribution >= 0.6 is 0 Å². The van der Waals surface area contributed by atoms with Crippen molar-refractivity contribution in [2.75, 3.05) is 14.2 Å². The Labute approximate surface area is 222 Å². The summed E-state index contributed by atoms with van der Waals surface area (Å²) in [6, 6.07) is 16.6. The summed E-state index contributed by atoms with van der Waals surface area (Å²) in [5.41, 5.74) is 1.39. The van der Waals surface area contributed by atoms with Crippen LogP contribution in [0, 0.1) is 5.41 Å². The molecule has 0 aliphatic heterocycles. The van der Waals surface area contributed by atoms with Gasteiger partial charge in [-0.05, 0) is 48.6 Å². The second-order valence-corrected chi connectivity index (χ2v) is 9.68. The Hall–Kier alpha value is -4.27. The summed E-state index contributed by atoms with van der Waals surface area (Å²) in [5.74, 6) is -0.323. The van der Waals surface area contributed by atoms with E-state index in [2.05, 4.69) is 20.6 Å². The minimum Gasteiger partial charge on any atom is -0.497 e. The molecule has 0 radical (unpaired) electrons. The number of ether oxygens (including phenoxy) is 2. The Kier molecular flexibility index (Phi) is 8.35. The van der Waals surface area contributed by atoms with Gasteiger partial charge in [-0.2, -0.15) is 4.98 Å². The Morgan fingerprint density at radius 1 is 0.868 bits per heavy atom. The van der Waals surface area contributed by atoms with E-state index in [0.29, 0.717) is 12.2 Å². The number of methoxy groups -OCH3 is 2. The molecule has 38 heavy (non-hydrogen) atoms. The minimum atomic E-state index is -0.963. The van der Waals surface area contributed by atoms with E-state index in [0.717, 1.165) is 24.0 Å². The maximum atomic E-state index is 13.7. The van der Waals surface area contributed by atoms with Crippen molar-refractivity contribution in [3.63, 3.8) is 0 Å². The number of nitrogens with zero attached hydrogens (tertiary/aromatic N) is 2. The summed E-state index contributed by atoms with van der Waals surface area (Å²) >= 11 is 0. The first-order valence-corrected chi connectivity index (χ1v) is 12.5. The van der Waals surface area contributed by atoms with E-state index < -0.39 is 29.3 Å².